The zero-order valence-electron chi connectivity index (χ0n) is 10.6. The second-order valence-corrected chi connectivity index (χ2v) is 4.30. The van der Waals surface area contributed by atoms with Crippen molar-refractivity contribution >= 4 is 17.6 Å². The van der Waals surface area contributed by atoms with Crippen molar-refractivity contribution in [1.29, 1.82) is 0 Å². The van der Waals surface area contributed by atoms with Gasteiger partial charge < -0.3 is 5.11 Å². The summed E-state index contributed by atoms with van der Waals surface area (Å²) >= 11 is 6.07. The molecule has 0 amide bonds. The molecule has 0 unspecified atom stereocenters. The minimum atomic E-state index is -1.07. The number of pyridine rings is 1. The predicted molar refractivity (Wildman–Crippen MR) is 69.9 cm³/mol. The molecule has 19 heavy (non-hydrogen) atoms. The van der Waals surface area contributed by atoms with Crippen LogP contribution in [0.3, 0.4) is 0 Å². The number of rotatable bonds is 4. The van der Waals surface area contributed by atoms with E-state index in [2.05, 4.69) is 15.1 Å². The summed E-state index contributed by atoms with van der Waals surface area (Å²) in [5.74, 6) is 0.784. The van der Waals surface area contributed by atoms with Crippen molar-refractivity contribution in [2.24, 2.45) is 0 Å². The smallest absolute Gasteiger partial charge is 0.337 e. The van der Waals surface area contributed by atoms with E-state index in [0.29, 0.717) is 24.5 Å². The highest BCUT2D eigenvalue weighted by Crippen LogP contribution is 2.20. The van der Waals surface area contributed by atoms with Crippen LogP contribution in [0.15, 0.2) is 12.3 Å². The lowest BCUT2D eigenvalue weighted by Crippen LogP contribution is -2.07. The lowest BCUT2D eigenvalue weighted by molar-refractivity contribution is 0.0696. The Bertz CT molecular complexity index is 624. The molecule has 0 bridgehead atoms. The zero-order chi connectivity index (χ0) is 14.0. The molecule has 100 valence electrons. The normalized spacial score (nSPS) is 10.7. The highest BCUT2D eigenvalue weighted by Gasteiger charge is 2.15. The summed E-state index contributed by atoms with van der Waals surface area (Å²) in [5, 5.41) is 13.4. The molecule has 2 heterocycles. The Balaban J connectivity index is 2.52. The largest absolute Gasteiger partial charge is 0.478 e. The minimum Gasteiger partial charge on any atom is -0.478 e. The van der Waals surface area contributed by atoms with Gasteiger partial charge in [0.2, 0.25) is 0 Å². The first kappa shape index (κ1) is 13.5. The Labute approximate surface area is 115 Å². The Kier molecular flexibility index (Phi) is 3.80. The van der Waals surface area contributed by atoms with Gasteiger partial charge in [-0.3, -0.25) is 0 Å². The van der Waals surface area contributed by atoms with E-state index < -0.39 is 5.97 Å². The van der Waals surface area contributed by atoms with Gasteiger partial charge in [0, 0.05) is 19.0 Å². The molecule has 6 nitrogen and oxygen atoms in total. The van der Waals surface area contributed by atoms with Crippen LogP contribution < -0.4 is 0 Å². The number of hydrogen-bond donors (Lipinski definition) is 1. The zero-order valence-corrected chi connectivity index (χ0v) is 11.3. The quantitative estimate of drug-likeness (QED) is 0.928. The molecule has 1 N–H and O–H groups in total. The second kappa shape index (κ2) is 5.36. The predicted octanol–water partition coefficient (Wildman–Crippen LogP) is 2.14. The highest BCUT2D eigenvalue weighted by molar-refractivity contribution is 6.32. The standard InChI is InChI=1S/C12H13ClN4O2/c1-3-9-15-10(4-2)17(16-9)11-8(13)5-7(6-14-11)12(18)19/h5-6H,3-4H2,1-2H3,(H,18,19). The molecule has 0 radical (unpaired) electrons. The molecule has 0 aliphatic carbocycles. The number of aromatic nitrogens is 4. The molecule has 0 aromatic carbocycles. The highest BCUT2D eigenvalue weighted by atomic mass is 35.5. The van der Waals surface area contributed by atoms with E-state index in [1.165, 1.54) is 12.3 Å². The number of hydrogen-bond acceptors (Lipinski definition) is 4. The average molecular weight is 281 g/mol. The van der Waals surface area contributed by atoms with Crippen LogP contribution in [-0.2, 0) is 12.8 Å². The van der Waals surface area contributed by atoms with Gasteiger partial charge in [0.05, 0.1) is 10.6 Å². The topological polar surface area (TPSA) is 80.9 Å². The summed E-state index contributed by atoms with van der Waals surface area (Å²) in [6, 6.07) is 1.36. The van der Waals surface area contributed by atoms with Crippen molar-refractivity contribution in [2.45, 2.75) is 26.7 Å². The molecule has 2 aromatic rings. The van der Waals surface area contributed by atoms with Gasteiger partial charge in [-0.05, 0) is 6.07 Å². The van der Waals surface area contributed by atoms with Crippen LogP contribution in [0.5, 0.6) is 0 Å². The Morgan fingerprint density at radius 3 is 2.68 bits per heavy atom. The number of halogens is 1. The van der Waals surface area contributed by atoms with Crippen molar-refractivity contribution in [3.63, 3.8) is 0 Å². The molecule has 0 saturated carbocycles. The molecule has 0 saturated heterocycles. The first-order valence-corrected chi connectivity index (χ1v) is 6.28. The van der Waals surface area contributed by atoms with Crippen molar-refractivity contribution in [1.82, 2.24) is 19.7 Å². The number of nitrogens with zero attached hydrogens (tertiary/aromatic N) is 4. The number of aryl methyl sites for hydroxylation is 2. The van der Waals surface area contributed by atoms with Crippen LogP contribution in [0.4, 0.5) is 0 Å². The minimum absolute atomic E-state index is 0.0441. The second-order valence-electron chi connectivity index (χ2n) is 3.90. The van der Waals surface area contributed by atoms with Crippen molar-refractivity contribution in [3.8, 4) is 5.82 Å². The van der Waals surface area contributed by atoms with Gasteiger partial charge in [-0.1, -0.05) is 25.4 Å². The summed E-state index contributed by atoms with van der Waals surface area (Å²) in [4.78, 5) is 19.3. The lowest BCUT2D eigenvalue weighted by Gasteiger charge is -2.06. The van der Waals surface area contributed by atoms with Gasteiger partial charge in [0.15, 0.2) is 11.6 Å². The molecule has 2 aromatic heterocycles. The summed E-state index contributed by atoms with van der Waals surface area (Å²) in [6.07, 6.45) is 2.66. The van der Waals surface area contributed by atoms with Gasteiger partial charge >= 0.3 is 5.97 Å². The third-order valence-corrected chi connectivity index (χ3v) is 2.90. The summed E-state index contributed by atoms with van der Waals surface area (Å²) in [6.45, 7) is 3.92. The van der Waals surface area contributed by atoms with E-state index >= 15 is 0 Å². The number of carbonyl (C=O) groups is 1. The number of carboxylic acids is 1. The fraction of sp³-hybridized carbons (Fsp3) is 0.333. The molecule has 2 rings (SSSR count). The molecule has 0 aliphatic rings. The average Bonchev–Trinajstić information content (AvgIpc) is 2.81. The van der Waals surface area contributed by atoms with E-state index in [9.17, 15) is 4.79 Å². The van der Waals surface area contributed by atoms with Crippen LogP contribution >= 0.6 is 11.6 Å². The van der Waals surface area contributed by atoms with E-state index in [0.717, 1.165) is 5.82 Å². The summed E-state index contributed by atoms with van der Waals surface area (Å²) in [7, 11) is 0. The van der Waals surface area contributed by atoms with E-state index in [-0.39, 0.29) is 10.6 Å². The first-order chi connectivity index (χ1) is 9.06. The van der Waals surface area contributed by atoms with Crippen molar-refractivity contribution in [2.75, 3.05) is 0 Å². The molecular formula is C12H13ClN4O2. The maximum absolute atomic E-state index is 10.8. The van der Waals surface area contributed by atoms with Crippen LogP contribution in [0, 0.1) is 0 Å². The van der Waals surface area contributed by atoms with E-state index in [4.69, 9.17) is 16.7 Å². The first-order valence-electron chi connectivity index (χ1n) is 5.90. The van der Waals surface area contributed by atoms with Gasteiger partial charge in [0.1, 0.15) is 5.82 Å². The summed E-state index contributed by atoms with van der Waals surface area (Å²) in [5.41, 5.74) is 0.0441. The number of aromatic carboxylic acids is 1. The molecular weight excluding hydrogens is 268 g/mol. The monoisotopic (exact) mass is 280 g/mol. The van der Waals surface area contributed by atoms with Crippen molar-refractivity contribution in [3.05, 3.63) is 34.5 Å². The lowest BCUT2D eigenvalue weighted by atomic mass is 10.3. The van der Waals surface area contributed by atoms with Crippen LogP contribution in [0.2, 0.25) is 5.02 Å². The fourth-order valence-electron chi connectivity index (χ4n) is 1.64. The third-order valence-electron chi connectivity index (χ3n) is 2.62. The van der Waals surface area contributed by atoms with Gasteiger partial charge in [-0.2, -0.15) is 4.68 Å². The van der Waals surface area contributed by atoms with Gasteiger partial charge in [-0.15, -0.1) is 5.10 Å². The molecule has 0 aliphatic heterocycles. The SMILES string of the molecule is CCc1nc(CC)n(-c2ncc(C(=O)O)cc2Cl)n1. The summed E-state index contributed by atoms with van der Waals surface area (Å²) < 4.78 is 1.56. The Hall–Kier alpha value is -1.95. The maximum atomic E-state index is 10.8. The van der Waals surface area contributed by atoms with Crippen LogP contribution in [0.1, 0.15) is 35.9 Å². The Morgan fingerprint density at radius 2 is 2.16 bits per heavy atom. The van der Waals surface area contributed by atoms with Crippen LogP contribution in [-0.4, -0.2) is 30.8 Å². The van der Waals surface area contributed by atoms with Crippen LogP contribution in [0.25, 0.3) is 5.82 Å². The maximum Gasteiger partial charge on any atom is 0.337 e. The molecule has 0 spiro atoms. The van der Waals surface area contributed by atoms with Gasteiger partial charge in [0.25, 0.3) is 0 Å². The Morgan fingerprint density at radius 1 is 1.42 bits per heavy atom. The van der Waals surface area contributed by atoms with E-state index in [1.807, 2.05) is 13.8 Å². The van der Waals surface area contributed by atoms with E-state index in [1.54, 1.807) is 4.68 Å². The fourth-order valence-corrected chi connectivity index (χ4v) is 1.89. The van der Waals surface area contributed by atoms with Gasteiger partial charge in [-0.25, -0.2) is 14.8 Å². The number of carboxylic acid groups (broad SMARTS) is 1. The molecule has 0 fully saturated rings. The molecule has 7 heteroatoms. The van der Waals surface area contributed by atoms with Crippen molar-refractivity contribution < 1.29 is 9.90 Å². The molecule has 0 atom stereocenters. The third kappa shape index (κ3) is 2.58.